The number of benzene rings is 2. The van der Waals surface area contributed by atoms with Crippen molar-refractivity contribution in [3.05, 3.63) is 64.7 Å². The third kappa shape index (κ3) is 4.07. The molecule has 0 heterocycles. The Bertz CT molecular complexity index is 891. The summed E-state index contributed by atoms with van der Waals surface area (Å²) in [7, 11) is 0. The Labute approximate surface area is 180 Å². The van der Waals surface area contributed by atoms with Gasteiger partial charge in [0.15, 0.2) is 0 Å². The zero-order valence-corrected chi connectivity index (χ0v) is 18.4. The summed E-state index contributed by atoms with van der Waals surface area (Å²) in [6.07, 6.45) is 8.36. The van der Waals surface area contributed by atoms with E-state index in [0.717, 1.165) is 28.8 Å². The topological polar surface area (TPSA) is 21.3 Å². The molecule has 6 rings (SSSR count). The number of rotatable bonds is 6. The second kappa shape index (κ2) is 7.03. The first kappa shape index (κ1) is 19.5. The van der Waals surface area contributed by atoms with Crippen molar-refractivity contribution in [1.82, 2.24) is 5.32 Å². The average Bonchev–Trinajstić information content (AvgIpc) is 2.62. The molecule has 4 saturated carbocycles. The Morgan fingerprint density at radius 3 is 2.38 bits per heavy atom. The number of ether oxygens (including phenoxy) is 1. The second-order valence-corrected chi connectivity index (χ2v) is 11.3. The van der Waals surface area contributed by atoms with Gasteiger partial charge in [-0.1, -0.05) is 49.7 Å². The molecule has 4 bridgehead atoms. The second-order valence-electron chi connectivity index (χ2n) is 10.8. The highest BCUT2D eigenvalue weighted by Gasteiger charge is 2.59. The molecular formula is C26H32ClNO. The minimum Gasteiger partial charge on any atom is -0.489 e. The first-order valence-electron chi connectivity index (χ1n) is 11.0. The van der Waals surface area contributed by atoms with Gasteiger partial charge in [-0.2, -0.15) is 0 Å². The van der Waals surface area contributed by atoms with Crippen LogP contribution in [0.1, 0.15) is 63.5 Å². The maximum Gasteiger partial charge on any atom is 0.120 e. The van der Waals surface area contributed by atoms with Gasteiger partial charge in [0, 0.05) is 17.1 Å². The molecule has 1 N–H and O–H groups in total. The predicted octanol–water partition coefficient (Wildman–Crippen LogP) is 6.76. The van der Waals surface area contributed by atoms with Gasteiger partial charge in [-0.05, 0) is 90.7 Å². The summed E-state index contributed by atoms with van der Waals surface area (Å²) in [6, 6.07) is 16.4. The summed E-state index contributed by atoms with van der Waals surface area (Å²) >= 11 is 6.08. The molecule has 0 aromatic heterocycles. The lowest BCUT2D eigenvalue weighted by atomic mass is 9.43. The number of nitrogens with one attached hydrogen (secondary N) is 1. The molecule has 0 amide bonds. The van der Waals surface area contributed by atoms with Crippen molar-refractivity contribution < 1.29 is 4.74 Å². The van der Waals surface area contributed by atoms with Crippen molar-refractivity contribution in [2.45, 2.75) is 71.1 Å². The van der Waals surface area contributed by atoms with E-state index >= 15 is 0 Å². The normalized spacial score (nSPS) is 35.1. The molecule has 0 radical (unpaired) electrons. The quantitative estimate of drug-likeness (QED) is 0.569. The van der Waals surface area contributed by atoms with Gasteiger partial charge in [0.1, 0.15) is 12.4 Å². The minimum atomic E-state index is 0.334. The van der Waals surface area contributed by atoms with Crippen molar-refractivity contribution in [2.75, 3.05) is 0 Å². The van der Waals surface area contributed by atoms with Crippen LogP contribution in [0.2, 0.25) is 5.02 Å². The fourth-order valence-corrected chi connectivity index (χ4v) is 7.69. The maximum atomic E-state index is 6.08. The third-order valence-corrected chi connectivity index (χ3v) is 7.72. The van der Waals surface area contributed by atoms with Crippen LogP contribution in [0.15, 0.2) is 48.5 Å². The SMILES string of the molecule is C[C@]12CC3CC(NCc4cccc(OCc5cccc(Cl)c5)c4)(C1)C[C@@](C)(C3)C2. The van der Waals surface area contributed by atoms with E-state index < -0.39 is 0 Å². The van der Waals surface area contributed by atoms with E-state index in [0.29, 0.717) is 23.0 Å². The molecule has 2 nitrogen and oxygen atoms in total. The van der Waals surface area contributed by atoms with E-state index in [9.17, 15) is 0 Å². The van der Waals surface area contributed by atoms with Crippen molar-refractivity contribution >= 4 is 11.6 Å². The molecule has 29 heavy (non-hydrogen) atoms. The molecular weight excluding hydrogens is 378 g/mol. The van der Waals surface area contributed by atoms with Gasteiger partial charge in [-0.3, -0.25) is 0 Å². The molecule has 4 aliphatic carbocycles. The molecule has 2 unspecified atom stereocenters. The van der Waals surface area contributed by atoms with Crippen LogP contribution >= 0.6 is 11.6 Å². The van der Waals surface area contributed by atoms with Crippen molar-refractivity contribution in [2.24, 2.45) is 16.7 Å². The van der Waals surface area contributed by atoms with E-state index in [2.05, 4.69) is 37.4 Å². The largest absolute Gasteiger partial charge is 0.489 e. The van der Waals surface area contributed by atoms with Gasteiger partial charge in [0.05, 0.1) is 0 Å². The highest BCUT2D eigenvalue weighted by molar-refractivity contribution is 6.30. The molecule has 0 spiro atoms. The van der Waals surface area contributed by atoms with Crippen LogP contribution in [0, 0.1) is 16.7 Å². The third-order valence-electron chi connectivity index (χ3n) is 7.49. The van der Waals surface area contributed by atoms with Crippen LogP contribution in [-0.2, 0) is 13.2 Å². The van der Waals surface area contributed by atoms with Gasteiger partial charge < -0.3 is 10.1 Å². The summed E-state index contributed by atoms with van der Waals surface area (Å²) in [4.78, 5) is 0. The molecule has 154 valence electrons. The van der Waals surface area contributed by atoms with Crippen LogP contribution in [-0.4, -0.2) is 5.54 Å². The van der Waals surface area contributed by atoms with Crippen LogP contribution in [0.4, 0.5) is 0 Å². The molecule has 2 aromatic carbocycles. The van der Waals surface area contributed by atoms with Gasteiger partial charge in [-0.15, -0.1) is 0 Å². The van der Waals surface area contributed by atoms with E-state index in [1.54, 1.807) is 0 Å². The number of hydrogen-bond donors (Lipinski definition) is 1. The molecule has 4 atom stereocenters. The minimum absolute atomic E-state index is 0.334. The molecule has 4 aliphatic rings. The summed E-state index contributed by atoms with van der Waals surface area (Å²) < 4.78 is 6.03. The zero-order valence-electron chi connectivity index (χ0n) is 17.6. The van der Waals surface area contributed by atoms with Gasteiger partial charge in [0.2, 0.25) is 0 Å². The van der Waals surface area contributed by atoms with Gasteiger partial charge in [0.25, 0.3) is 0 Å². The molecule has 3 heteroatoms. The standard InChI is InChI=1S/C26H32ClNO/c1-24-11-21-12-25(2,16-24)18-26(13-21,17-24)28-14-19-5-4-8-23(10-19)29-15-20-6-3-7-22(27)9-20/h3-10,21,28H,11-18H2,1-2H3/t21?,24-,25+,26?. The first-order valence-corrected chi connectivity index (χ1v) is 11.4. The Hall–Kier alpha value is -1.51. The first-order chi connectivity index (χ1) is 13.8. The molecule has 2 aromatic rings. The highest BCUT2D eigenvalue weighted by atomic mass is 35.5. The highest BCUT2D eigenvalue weighted by Crippen LogP contribution is 2.66. The fraction of sp³-hybridized carbons (Fsp3) is 0.538. The zero-order chi connectivity index (χ0) is 20.1. The molecule has 0 saturated heterocycles. The summed E-state index contributed by atoms with van der Waals surface area (Å²) in [6.45, 7) is 6.54. The van der Waals surface area contributed by atoms with E-state index in [1.165, 1.54) is 44.1 Å². The van der Waals surface area contributed by atoms with E-state index in [4.69, 9.17) is 16.3 Å². The lowest BCUT2D eigenvalue weighted by Crippen LogP contribution is -2.63. The monoisotopic (exact) mass is 409 g/mol. The lowest BCUT2D eigenvalue weighted by molar-refractivity contribution is -0.118. The Morgan fingerprint density at radius 2 is 1.66 bits per heavy atom. The van der Waals surface area contributed by atoms with Gasteiger partial charge >= 0.3 is 0 Å². The smallest absolute Gasteiger partial charge is 0.120 e. The molecule has 0 aliphatic heterocycles. The van der Waals surface area contributed by atoms with Crippen molar-refractivity contribution in [3.8, 4) is 5.75 Å². The Balaban J connectivity index is 1.24. The maximum absolute atomic E-state index is 6.08. The summed E-state index contributed by atoms with van der Waals surface area (Å²) in [5.74, 6) is 1.84. The van der Waals surface area contributed by atoms with Crippen molar-refractivity contribution in [3.63, 3.8) is 0 Å². The van der Waals surface area contributed by atoms with Crippen molar-refractivity contribution in [1.29, 1.82) is 0 Å². The Kier molecular flexibility index (Phi) is 4.71. The van der Waals surface area contributed by atoms with Crippen LogP contribution in [0.25, 0.3) is 0 Å². The lowest BCUT2D eigenvalue weighted by Gasteiger charge is -2.65. The van der Waals surface area contributed by atoms with E-state index in [1.807, 2.05) is 30.3 Å². The fourth-order valence-electron chi connectivity index (χ4n) is 7.47. The van der Waals surface area contributed by atoms with Crippen LogP contribution in [0.3, 0.4) is 0 Å². The summed E-state index contributed by atoms with van der Waals surface area (Å²) in [5.41, 5.74) is 3.82. The van der Waals surface area contributed by atoms with Crippen LogP contribution in [0.5, 0.6) is 5.75 Å². The number of hydrogen-bond acceptors (Lipinski definition) is 2. The van der Waals surface area contributed by atoms with E-state index in [-0.39, 0.29) is 0 Å². The summed E-state index contributed by atoms with van der Waals surface area (Å²) in [5, 5.41) is 4.78. The van der Waals surface area contributed by atoms with Gasteiger partial charge in [-0.25, -0.2) is 0 Å². The Morgan fingerprint density at radius 1 is 0.931 bits per heavy atom. The number of halogens is 1. The average molecular weight is 410 g/mol. The predicted molar refractivity (Wildman–Crippen MR) is 119 cm³/mol. The van der Waals surface area contributed by atoms with Crippen LogP contribution < -0.4 is 10.1 Å². The molecule has 4 fully saturated rings.